The van der Waals surface area contributed by atoms with Crippen molar-refractivity contribution in [3.63, 3.8) is 0 Å². The fourth-order valence-electron chi connectivity index (χ4n) is 4.07. The molecule has 3 rings (SSSR count). The van der Waals surface area contributed by atoms with Gasteiger partial charge < -0.3 is 4.74 Å². The summed E-state index contributed by atoms with van der Waals surface area (Å²) in [6.45, 7) is 5.96. The van der Waals surface area contributed by atoms with Gasteiger partial charge in [0, 0.05) is 12.0 Å². The molecule has 3 aromatic rings. The summed E-state index contributed by atoms with van der Waals surface area (Å²) in [6.07, 6.45) is 4.19. The molecule has 0 N–H and O–H groups in total. The first-order chi connectivity index (χ1) is 18.4. The van der Waals surface area contributed by atoms with Crippen molar-refractivity contribution >= 4 is 17.7 Å². The number of hydrogen-bond acceptors (Lipinski definition) is 6. The highest BCUT2D eigenvalue weighted by Gasteiger charge is 2.20. The second-order valence-electron chi connectivity index (χ2n) is 9.20. The van der Waals surface area contributed by atoms with Gasteiger partial charge >= 0.3 is 11.9 Å². The lowest BCUT2D eigenvalue weighted by atomic mass is 9.92. The lowest BCUT2D eigenvalue weighted by molar-refractivity contribution is -0.241. The molecule has 200 valence electrons. The number of Topliss-reactive ketones (excluding diaryl/α,β-unsaturated/α-hetero) is 1. The number of ether oxygens (including phenoxy) is 1. The maximum Gasteiger partial charge on any atom is 0.373 e. The number of carbonyl (C=O) groups is 3. The van der Waals surface area contributed by atoms with Crippen LogP contribution < -0.4 is 0 Å². The van der Waals surface area contributed by atoms with Gasteiger partial charge in [-0.3, -0.25) is 14.5 Å². The third-order valence-corrected chi connectivity index (χ3v) is 6.17. The van der Waals surface area contributed by atoms with Crippen LogP contribution in [-0.2, 0) is 19.3 Å². The zero-order valence-corrected chi connectivity index (χ0v) is 22.4. The van der Waals surface area contributed by atoms with Crippen LogP contribution in [0.4, 0.5) is 0 Å². The number of esters is 1. The predicted molar refractivity (Wildman–Crippen MR) is 148 cm³/mol. The van der Waals surface area contributed by atoms with Gasteiger partial charge in [0.15, 0.2) is 6.10 Å². The molecule has 0 aliphatic heterocycles. The predicted octanol–water partition coefficient (Wildman–Crippen LogP) is 7.60. The first kappa shape index (κ1) is 28.8. The fraction of sp³-hybridized carbons (Fsp3) is 0.344. The summed E-state index contributed by atoms with van der Waals surface area (Å²) in [4.78, 5) is 47.5. The Hall–Kier alpha value is -3.77. The minimum atomic E-state index is -0.861. The Morgan fingerprint density at radius 2 is 1.42 bits per heavy atom. The number of unbranched alkanes of at least 4 members (excludes halogenated alkanes) is 3. The highest BCUT2D eigenvalue weighted by Crippen LogP contribution is 2.33. The normalized spacial score (nSPS) is 11.6. The van der Waals surface area contributed by atoms with E-state index in [0.29, 0.717) is 24.2 Å². The van der Waals surface area contributed by atoms with E-state index in [4.69, 9.17) is 14.5 Å². The Balaban J connectivity index is 1.82. The highest BCUT2D eigenvalue weighted by atomic mass is 17.2. The van der Waals surface area contributed by atoms with Crippen LogP contribution in [0.25, 0.3) is 22.3 Å². The largest absolute Gasteiger partial charge is 0.454 e. The molecule has 0 spiro atoms. The molecule has 0 aromatic heterocycles. The molecule has 0 aliphatic carbocycles. The number of rotatable bonds is 14. The van der Waals surface area contributed by atoms with E-state index in [2.05, 4.69) is 6.92 Å². The number of ketones is 1. The highest BCUT2D eigenvalue weighted by molar-refractivity contribution is 6.01. The molecule has 0 saturated carbocycles. The maximum atomic E-state index is 12.8. The molecule has 0 aliphatic rings. The zero-order valence-electron chi connectivity index (χ0n) is 22.4. The Kier molecular flexibility index (Phi) is 11.2. The van der Waals surface area contributed by atoms with Gasteiger partial charge in [0.05, 0.1) is 12.2 Å². The maximum absolute atomic E-state index is 12.8. The van der Waals surface area contributed by atoms with Gasteiger partial charge in [0.2, 0.25) is 5.78 Å². The third-order valence-electron chi connectivity index (χ3n) is 6.17. The number of carbonyl (C=O) groups excluding carboxylic acids is 3. The van der Waals surface area contributed by atoms with Gasteiger partial charge in [-0.1, -0.05) is 93.8 Å². The number of benzene rings is 3. The molecule has 1 atom stereocenters. The van der Waals surface area contributed by atoms with E-state index in [1.807, 2.05) is 55.5 Å². The van der Waals surface area contributed by atoms with Crippen LogP contribution in [0, 0.1) is 0 Å². The third kappa shape index (κ3) is 8.12. The number of hydrogen-bond donors (Lipinski definition) is 0. The molecule has 6 nitrogen and oxygen atoms in total. The molecule has 6 heteroatoms. The summed E-state index contributed by atoms with van der Waals surface area (Å²) in [7, 11) is 0. The van der Waals surface area contributed by atoms with E-state index in [0.717, 1.165) is 47.9 Å². The second-order valence-corrected chi connectivity index (χ2v) is 9.20. The van der Waals surface area contributed by atoms with E-state index in [-0.39, 0.29) is 18.2 Å². The lowest BCUT2D eigenvalue weighted by Crippen LogP contribution is -2.24. The Bertz CT molecular complexity index is 1200. The smallest absolute Gasteiger partial charge is 0.373 e. The molecule has 0 fully saturated rings. The molecule has 0 saturated heterocycles. The Morgan fingerprint density at radius 1 is 0.737 bits per heavy atom. The van der Waals surface area contributed by atoms with Gasteiger partial charge in [-0.2, -0.15) is 4.89 Å². The van der Waals surface area contributed by atoms with Crippen LogP contribution in [0.2, 0.25) is 0 Å². The SMILES string of the molecule is CCCCCCOOC(=O)c1ccc(-c2ccccc2)c(-c2ccc(C(=O)C(C)OC(=O)CCC)cc2)c1. The average molecular weight is 517 g/mol. The van der Waals surface area contributed by atoms with Crippen molar-refractivity contribution in [3.8, 4) is 22.3 Å². The molecule has 0 bridgehead atoms. The Labute approximate surface area is 224 Å². The summed E-state index contributed by atoms with van der Waals surface area (Å²) < 4.78 is 5.25. The van der Waals surface area contributed by atoms with Gasteiger partial charge in [-0.25, -0.2) is 4.79 Å². The van der Waals surface area contributed by atoms with Crippen LogP contribution in [-0.4, -0.2) is 30.4 Å². The van der Waals surface area contributed by atoms with Crippen molar-refractivity contribution in [2.24, 2.45) is 0 Å². The molecule has 0 amide bonds. The van der Waals surface area contributed by atoms with E-state index in [9.17, 15) is 14.4 Å². The van der Waals surface area contributed by atoms with E-state index in [1.54, 1.807) is 31.2 Å². The zero-order chi connectivity index (χ0) is 27.3. The fourth-order valence-corrected chi connectivity index (χ4v) is 4.07. The van der Waals surface area contributed by atoms with Crippen molar-refractivity contribution in [1.29, 1.82) is 0 Å². The molecule has 0 radical (unpaired) electrons. The first-order valence-corrected chi connectivity index (χ1v) is 13.3. The summed E-state index contributed by atoms with van der Waals surface area (Å²) in [5.74, 6) is -1.21. The van der Waals surface area contributed by atoms with E-state index in [1.165, 1.54) is 0 Å². The molecule has 0 heterocycles. The van der Waals surface area contributed by atoms with Gasteiger partial charge in [0.25, 0.3) is 0 Å². The average Bonchev–Trinajstić information content (AvgIpc) is 2.94. The van der Waals surface area contributed by atoms with Crippen LogP contribution in [0.5, 0.6) is 0 Å². The monoisotopic (exact) mass is 516 g/mol. The summed E-state index contributed by atoms with van der Waals surface area (Å²) in [5.41, 5.74) is 4.37. The molecule has 38 heavy (non-hydrogen) atoms. The summed E-state index contributed by atoms with van der Waals surface area (Å²) in [5, 5.41) is 0. The van der Waals surface area contributed by atoms with Crippen molar-refractivity contribution in [2.75, 3.05) is 6.61 Å². The molecular formula is C32H36O6. The lowest BCUT2D eigenvalue weighted by Gasteiger charge is -2.14. The molecule has 1 unspecified atom stereocenters. The van der Waals surface area contributed by atoms with E-state index >= 15 is 0 Å². The first-order valence-electron chi connectivity index (χ1n) is 13.3. The molecule has 3 aromatic carbocycles. The van der Waals surface area contributed by atoms with Crippen molar-refractivity contribution in [1.82, 2.24) is 0 Å². The minimum absolute atomic E-state index is 0.266. The van der Waals surface area contributed by atoms with E-state index < -0.39 is 12.1 Å². The van der Waals surface area contributed by atoms with Crippen molar-refractivity contribution in [2.45, 2.75) is 65.4 Å². The van der Waals surface area contributed by atoms with Gasteiger partial charge in [-0.05, 0) is 54.2 Å². The van der Waals surface area contributed by atoms with Crippen LogP contribution >= 0.6 is 0 Å². The summed E-state index contributed by atoms with van der Waals surface area (Å²) >= 11 is 0. The Morgan fingerprint density at radius 3 is 2.11 bits per heavy atom. The van der Waals surface area contributed by atoms with Crippen molar-refractivity contribution in [3.05, 3.63) is 83.9 Å². The quantitative estimate of drug-likeness (QED) is 0.0721. The molecular weight excluding hydrogens is 480 g/mol. The summed E-state index contributed by atoms with van der Waals surface area (Å²) in [6, 6.07) is 22.3. The van der Waals surface area contributed by atoms with Gasteiger partial charge in [-0.15, -0.1) is 0 Å². The minimum Gasteiger partial charge on any atom is -0.454 e. The van der Waals surface area contributed by atoms with Crippen LogP contribution in [0.15, 0.2) is 72.8 Å². The van der Waals surface area contributed by atoms with Crippen LogP contribution in [0.1, 0.15) is 80.0 Å². The topological polar surface area (TPSA) is 78.9 Å². The standard InChI is InChI=1S/C32H36O6/c1-4-6-7-11-21-36-38-32(35)27-19-20-28(24-13-9-8-10-14-24)29(22-27)25-15-17-26(18-16-25)31(34)23(3)37-30(33)12-5-2/h8-10,13-20,22-23H,4-7,11-12,21H2,1-3H3. The van der Waals surface area contributed by atoms with Crippen molar-refractivity contribution < 1.29 is 28.9 Å². The van der Waals surface area contributed by atoms with Gasteiger partial charge in [0.1, 0.15) is 0 Å². The van der Waals surface area contributed by atoms with Crippen LogP contribution in [0.3, 0.4) is 0 Å². The second kappa shape index (κ2) is 14.8.